The zero-order valence-electron chi connectivity index (χ0n) is 58.9. The molecule has 95 heavy (non-hydrogen) atoms. The second kappa shape index (κ2) is 28.0. The van der Waals surface area contributed by atoms with Crippen LogP contribution in [0.2, 0.25) is 18.1 Å². The molecule has 6 aliphatic rings. The predicted octanol–water partition coefficient (Wildman–Crippen LogP) is 15.5. The number of nitrogens with two attached hydrogens (primary N) is 1. The van der Waals surface area contributed by atoms with Gasteiger partial charge in [0.15, 0.2) is 16.0 Å². The van der Waals surface area contributed by atoms with E-state index < -0.39 is 54.5 Å². The number of nitrogen functional groups attached to an aromatic ring is 1. The number of anilines is 1. The van der Waals surface area contributed by atoms with E-state index in [2.05, 4.69) is 65.9 Å². The largest absolute Gasteiger partial charge is 0.454 e. The Bertz CT molecular complexity index is 4170. The quantitative estimate of drug-likeness (QED) is 0.0307. The first-order valence-electron chi connectivity index (χ1n) is 34.2. The Morgan fingerprint density at radius 1 is 0.579 bits per heavy atom. The molecule has 3 aromatic carbocycles. The number of fused-ring (bicyclic) bond motifs is 3. The van der Waals surface area contributed by atoms with Crippen molar-refractivity contribution in [2.45, 2.75) is 260 Å². The molecule has 3 saturated carbocycles. The summed E-state index contributed by atoms with van der Waals surface area (Å²) >= 11 is 0. The Labute approximate surface area is 567 Å². The van der Waals surface area contributed by atoms with Crippen molar-refractivity contribution < 1.29 is 55.0 Å². The molecule has 6 aliphatic carbocycles. The summed E-state index contributed by atoms with van der Waals surface area (Å²) in [5, 5.41) is 29.9. The van der Waals surface area contributed by atoms with Crippen molar-refractivity contribution in [3.8, 4) is 0 Å². The van der Waals surface area contributed by atoms with E-state index in [1.165, 1.54) is 151 Å². The number of sulfonamides is 1. The van der Waals surface area contributed by atoms with E-state index in [9.17, 15) is 41.7 Å². The number of nitrogens with one attached hydrogen (secondary N) is 2. The molecule has 6 aromatic rings. The fourth-order valence-electron chi connectivity index (χ4n) is 13.4. The summed E-state index contributed by atoms with van der Waals surface area (Å²) in [4.78, 5) is 25.9. The van der Waals surface area contributed by atoms with Crippen LogP contribution in [0.4, 0.5) is 5.69 Å². The molecular formula is C75H106N4O12S3Si. The van der Waals surface area contributed by atoms with Gasteiger partial charge in [-0.2, -0.15) is 4.36 Å². The third-order valence-corrected chi connectivity index (χ3v) is 31.8. The molecule has 520 valence electrons. The minimum Gasteiger partial charge on any atom is -0.454 e. The molecule has 0 bridgehead atoms. The molecule has 20 heteroatoms. The average molecular weight is 1380 g/mol. The first-order valence-corrected chi connectivity index (χ1v) is 42.4. The molecule has 3 fully saturated rings. The summed E-state index contributed by atoms with van der Waals surface area (Å²) in [6, 6.07) is 17.8. The van der Waals surface area contributed by atoms with Crippen LogP contribution in [0.1, 0.15) is 237 Å². The first kappa shape index (κ1) is 73.8. The second-order valence-electron chi connectivity index (χ2n) is 31.3. The number of ketones is 1. The number of amides is 1. The number of carbonyl (C=O) groups is 2. The topological polar surface area (TPSA) is 277 Å². The molecule has 3 aromatic heterocycles. The third kappa shape index (κ3) is 17.9. The Morgan fingerprint density at radius 2 is 0.947 bits per heavy atom. The Hall–Kier alpha value is -5.45. The maximum atomic E-state index is 13.1. The van der Waals surface area contributed by atoms with E-state index in [-0.39, 0.29) is 50.6 Å². The van der Waals surface area contributed by atoms with E-state index in [4.69, 9.17) is 23.8 Å². The first-order chi connectivity index (χ1) is 44.1. The van der Waals surface area contributed by atoms with Crippen molar-refractivity contribution in [2.24, 2.45) is 22.1 Å². The van der Waals surface area contributed by atoms with Gasteiger partial charge in [-0.15, -0.1) is 0 Å². The summed E-state index contributed by atoms with van der Waals surface area (Å²) < 4.78 is 81.8. The molecule has 0 aliphatic heterocycles. The molecule has 3 heterocycles. The zero-order valence-corrected chi connectivity index (χ0v) is 62.3. The molecule has 1 amide bonds. The highest BCUT2D eigenvalue weighted by Crippen LogP contribution is 2.48. The fraction of sp³-hybridized carbons (Fsp3) is 0.573. The van der Waals surface area contributed by atoms with E-state index in [1.54, 1.807) is 41.5 Å². The van der Waals surface area contributed by atoms with Crippen molar-refractivity contribution in [2.75, 3.05) is 17.7 Å². The van der Waals surface area contributed by atoms with Crippen LogP contribution < -0.4 is 10.1 Å². The second-order valence-corrected chi connectivity index (χ2v) is 42.5. The number of carbonyl (C=O) groups excluding carboxylic acids is 2. The summed E-state index contributed by atoms with van der Waals surface area (Å²) in [5.74, 6) is 2.91. The van der Waals surface area contributed by atoms with Crippen LogP contribution in [-0.4, -0.2) is 64.1 Å². The van der Waals surface area contributed by atoms with Gasteiger partial charge in [0.25, 0.3) is 15.9 Å². The predicted molar refractivity (Wildman–Crippen MR) is 379 cm³/mol. The van der Waals surface area contributed by atoms with Gasteiger partial charge in [0.1, 0.15) is 27.7 Å². The molecule has 16 nitrogen and oxygen atoms in total. The van der Waals surface area contributed by atoms with Gasteiger partial charge in [-0.05, 0) is 240 Å². The van der Waals surface area contributed by atoms with Crippen LogP contribution in [-0.2, 0) is 107 Å². The third-order valence-electron chi connectivity index (χ3n) is 21.1. The Morgan fingerprint density at radius 3 is 1.37 bits per heavy atom. The van der Waals surface area contributed by atoms with Gasteiger partial charge in [0.05, 0.1) is 47.8 Å². The van der Waals surface area contributed by atoms with Gasteiger partial charge in [-0.3, -0.25) is 9.59 Å². The lowest BCUT2D eigenvalue weighted by atomic mass is 9.86. The van der Waals surface area contributed by atoms with Crippen LogP contribution in [0.5, 0.6) is 0 Å². The fourth-order valence-corrected chi connectivity index (χ4v) is 20.5. The van der Waals surface area contributed by atoms with Crippen molar-refractivity contribution in [1.29, 1.82) is 4.78 Å². The van der Waals surface area contributed by atoms with Gasteiger partial charge in [-0.25, -0.2) is 26.0 Å². The molecular weight excluding hydrogens is 1270 g/mol. The number of furan rings is 3. The van der Waals surface area contributed by atoms with Crippen molar-refractivity contribution >= 4 is 55.1 Å². The van der Waals surface area contributed by atoms with Crippen LogP contribution in [0, 0.1) is 22.5 Å². The van der Waals surface area contributed by atoms with E-state index >= 15 is 0 Å². The lowest BCUT2D eigenvalue weighted by molar-refractivity contribution is -0.117. The van der Waals surface area contributed by atoms with Gasteiger partial charge in [-0.1, -0.05) is 91.0 Å². The normalized spacial score (nSPS) is 18.6. The highest BCUT2D eigenvalue weighted by molar-refractivity contribution is 7.93. The van der Waals surface area contributed by atoms with Crippen LogP contribution in [0.3, 0.4) is 0 Å². The Balaban J connectivity index is 0.000000154. The monoisotopic (exact) mass is 1380 g/mol. The molecule has 12 rings (SSSR count). The number of aryl methyl sites for hydroxylation is 3. The maximum Gasteiger partial charge on any atom is 0.268 e. The average Bonchev–Trinajstić information content (AvgIpc) is 1.77. The van der Waals surface area contributed by atoms with Crippen molar-refractivity contribution in [3.05, 3.63) is 151 Å². The van der Waals surface area contributed by atoms with E-state index in [1.807, 2.05) is 33.9 Å². The number of benzene rings is 3. The SMILES string of the molecule is CC(C)(O)c1coc(S(=O)(=O)N[Si](C)(C)C(C)(C)C)c1.CC(c1ccc2c(c1CC(=O)CS(=N)(=O)c1cc(C(C)(C)O)co1)CCC2)C1CC1.CC(c1ccc2c(c1CC(=O)N=S(C)(=O)c1cc(C(C)(C)O)co1)CCC2)C1CC1.CC(c1ccc2c(c1N)CCC2)C1CC1. The number of nitrogens with zero attached hydrogens (tertiary/aromatic N) is 1. The van der Waals surface area contributed by atoms with Gasteiger partial charge in [0.2, 0.25) is 5.09 Å². The number of hydrogen-bond donors (Lipinski definition) is 6. The molecule has 0 spiro atoms. The number of aliphatic hydroxyl groups is 3. The van der Waals surface area contributed by atoms with E-state index in [0.29, 0.717) is 46.3 Å². The molecule has 5 unspecified atom stereocenters. The summed E-state index contributed by atoms with van der Waals surface area (Å²) in [6.45, 7) is 26.4. The molecule has 5 atom stereocenters. The zero-order chi connectivity index (χ0) is 69.8. The van der Waals surface area contributed by atoms with Crippen LogP contribution >= 0.6 is 0 Å². The number of rotatable bonds is 20. The Kier molecular flexibility index (Phi) is 21.8. The minimum absolute atomic E-state index is 0.0437. The molecule has 7 N–H and O–H groups in total. The van der Waals surface area contributed by atoms with Gasteiger partial charge >= 0.3 is 0 Å². The smallest absolute Gasteiger partial charge is 0.268 e. The molecule has 0 radical (unpaired) electrons. The summed E-state index contributed by atoms with van der Waals surface area (Å²) in [7, 11) is -12.3. The molecule has 0 saturated heterocycles. The maximum absolute atomic E-state index is 13.1. The van der Waals surface area contributed by atoms with Gasteiger partial charge in [0, 0.05) is 53.3 Å². The van der Waals surface area contributed by atoms with Crippen molar-refractivity contribution in [1.82, 2.24) is 4.39 Å². The number of Topliss-reactive ketones (excluding diaryl/α,β-unsaturated/α-hetero) is 1. The minimum atomic E-state index is -3.71. The van der Waals surface area contributed by atoms with Crippen LogP contribution in [0.25, 0.3) is 0 Å². The summed E-state index contributed by atoms with van der Waals surface area (Å²) in [6.07, 6.45) is 23.6. The summed E-state index contributed by atoms with van der Waals surface area (Å²) in [5.41, 5.74) is 19.8. The van der Waals surface area contributed by atoms with Gasteiger partial charge < -0.3 is 34.3 Å². The lowest BCUT2D eigenvalue weighted by Gasteiger charge is -2.36. The highest BCUT2D eigenvalue weighted by Gasteiger charge is 2.41. The van der Waals surface area contributed by atoms with Crippen molar-refractivity contribution in [3.63, 3.8) is 0 Å². The standard InChI is InChI=1S/2C24H31NO4S.C14H19N.C13H25NO4SSi/c1-15(16-8-9-16)19-11-10-17-6-5-7-20(17)21(19)13-22(26)25-30(4,28)23-12-18(14-29-23)24(2,3)27;1-15(16-7-8-16)20-10-9-17-5-4-6-21(17)22(20)12-19(26)14-30(25,28)23-11-18(13-29-23)24(2,3)27;1-9(10-5-6-10)12-8-7-11-3-2-4-13(11)14(12)15;1-12(2,3)20(6,7)14-19(16,17)11-8-10(9-18-11)13(4,5)15/h10-12,14-16,27H,5-9,13H2,1-4H3;9-11,13,15-16,25,27H,4-8,12,14H2,1-3H3;7-10H,2-6,15H2,1H3;8-9,14-15H,1-7H3. The van der Waals surface area contributed by atoms with Crippen LogP contribution in [0.15, 0.2) is 106 Å². The lowest BCUT2D eigenvalue weighted by Crippen LogP contribution is -2.54. The number of hydrogen-bond acceptors (Lipinski definition) is 14. The highest BCUT2D eigenvalue weighted by atomic mass is 32.2. The van der Waals surface area contributed by atoms with E-state index in [0.717, 1.165) is 61.3 Å².